The van der Waals surface area contributed by atoms with E-state index in [0.29, 0.717) is 0 Å². The number of aryl methyl sites for hydroxylation is 1. The van der Waals surface area contributed by atoms with Crippen molar-refractivity contribution in [2.75, 3.05) is 12.3 Å². The molecule has 8 heteroatoms. The molecule has 0 spiro atoms. The molecular formula is C16H17N3O5. The van der Waals surface area contributed by atoms with Gasteiger partial charge in [0, 0.05) is 12.6 Å². The van der Waals surface area contributed by atoms with Crippen LogP contribution in [0.25, 0.3) is 0 Å². The molecule has 8 nitrogen and oxygen atoms in total. The minimum Gasteiger partial charge on any atom is -0.458 e. The molecule has 2 N–H and O–H groups in total. The number of nitrogen functional groups attached to an aromatic ring is 1. The van der Waals surface area contributed by atoms with E-state index < -0.39 is 24.1 Å². The minimum absolute atomic E-state index is 0.0864. The van der Waals surface area contributed by atoms with Gasteiger partial charge in [-0.2, -0.15) is 5.10 Å². The van der Waals surface area contributed by atoms with Gasteiger partial charge in [0.25, 0.3) is 5.56 Å². The summed E-state index contributed by atoms with van der Waals surface area (Å²) in [6.45, 7) is 1.47. The van der Waals surface area contributed by atoms with Gasteiger partial charge >= 0.3 is 11.9 Å². The Morgan fingerprint density at radius 2 is 1.92 bits per heavy atom. The van der Waals surface area contributed by atoms with Crippen LogP contribution in [0.15, 0.2) is 41.2 Å². The normalized spacial score (nSPS) is 10.2. The molecule has 0 saturated heterocycles. The van der Waals surface area contributed by atoms with E-state index in [9.17, 15) is 14.4 Å². The number of hydrogen-bond donors (Lipinski definition) is 1. The fourth-order valence-electron chi connectivity index (χ4n) is 1.85. The summed E-state index contributed by atoms with van der Waals surface area (Å²) < 4.78 is 10.9. The third kappa shape index (κ3) is 4.42. The Morgan fingerprint density at radius 1 is 1.21 bits per heavy atom. The van der Waals surface area contributed by atoms with Gasteiger partial charge in [-0.25, -0.2) is 14.3 Å². The summed E-state index contributed by atoms with van der Waals surface area (Å²) in [6.07, 6.45) is 0. The fraction of sp³-hybridized carbons (Fsp3) is 0.250. The first-order valence-electron chi connectivity index (χ1n) is 7.25. The van der Waals surface area contributed by atoms with Gasteiger partial charge in [0.05, 0.1) is 0 Å². The topological polar surface area (TPSA) is 114 Å². The molecule has 1 aromatic carbocycles. The largest absolute Gasteiger partial charge is 0.458 e. The van der Waals surface area contributed by atoms with Gasteiger partial charge in [-0.1, -0.05) is 30.3 Å². The number of esters is 2. The first kappa shape index (κ1) is 17.2. The lowest BCUT2D eigenvalue weighted by molar-refractivity contribution is -0.148. The van der Waals surface area contributed by atoms with Gasteiger partial charge < -0.3 is 15.2 Å². The second kappa shape index (κ2) is 7.91. The fourth-order valence-corrected chi connectivity index (χ4v) is 1.85. The maximum atomic E-state index is 11.9. The molecule has 0 atom stereocenters. The number of benzene rings is 1. The zero-order chi connectivity index (χ0) is 17.5. The molecule has 0 aliphatic carbocycles. The van der Waals surface area contributed by atoms with Crippen molar-refractivity contribution in [2.24, 2.45) is 0 Å². The third-order valence-corrected chi connectivity index (χ3v) is 3.07. The van der Waals surface area contributed by atoms with Crippen LogP contribution in [0.4, 0.5) is 5.69 Å². The predicted molar refractivity (Wildman–Crippen MR) is 85.1 cm³/mol. The number of hydrogen-bond acceptors (Lipinski definition) is 7. The van der Waals surface area contributed by atoms with E-state index in [1.165, 1.54) is 0 Å². The van der Waals surface area contributed by atoms with E-state index >= 15 is 0 Å². The average molecular weight is 331 g/mol. The zero-order valence-corrected chi connectivity index (χ0v) is 13.1. The number of aromatic nitrogens is 2. The van der Waals surface area contributed by atoms with Gasteiger partial charge in [0.15, 0.2) is 12.3 Å². The SMILES string of the molecule is CCn1nc(C(=O)OCC(=O)OCc2ccccc2)cc(N)c1=O. The maximum absolute atomic E-state index is 11.9. The molecular weight excluding hydrogens is 314 g/mol. The molecule has 24 heavy (non-hydrogen) atoms. The Hall–Kier alpha value is -3.16. The number of carbonyl (C=O) groups is 2. The maximum Gasteiger partial charge on any atom is 0.359 e. The van der Waals surface area contributed by atoms with Crippen molar-refractivity contribution in [3.05, 3.63) is 58.0 Å². The molecule has 2 rings (SSSR count). The molecule has 1 heterocycles. The summed E-state index contributed by atoms with van der Waals surface area (Å²) >= 11 is 0. The number of ether oxygens (including phenoxy) is 2. The smallest absolute Gasteiger partial charge is 0.359 e. The van der Waals surface area contributed by atoms with Crippen LogP contribution in [0.5, 0.6) is 0 Å². The molecule has 2 aromatic rings. The van der Waals surface area contributed by atoms with Crippen molar-refractivity contribution in [1.82, 2.24) is 9.78 Å². The van der Waals surface area contributed by atoms with Crippen LogP contribution in [0.2, 0.25) is 0 Å². The van der Waals surface area contributed by atoms with E-state index in [1.54, 1.807) is 19.1 Å². The molecule has 0 aliphatic rings. The van der Waals surface area contributed by atoms with E-state index in [2.05, 4.69) is 5.10 Å². The molecule has 0 aliphatic heterocycles. The van der Waals surface area contributed by atoms with Crippen molar-refractivity contribution in [3.63, 3.8) is 0 Å². The number of carbonyl (C=O) groups excluding carboxylic acids is 2. The highest BCUT2D eigenvalue weighted by Gasteiger charge is 2.15. The van der Waals surface area contributed by atoms with E-state index in [-0.39, 0.29) is 24.5 Å². The van der Waals surface area contributed by atoms with Crippen LogP contribution in [0, 0.1) is 0 Å². The van der Waals surface area contributed by atoms with Crippen LogP contribution in [-0.4, -0.2) is 28.3 Å². The second-order valence-electron chi connectivity index (χ2n) is 4.83. The van der Waals surface area contributed by atoms with E-state index in [1.807, 2.05) is 18.2 Å². The molecule has 126 valence electrons. The number of anilines is 1. The summed E-state index contributed by atoms with van der Waals surface area (Å²) in [4.78, 5) is 35.1. The van der Waals surface area contributed by atoms with Gasteiger partial charge in [0.1, 0.15) is 12.3 Å². The summed E-state index contributed by atoms with van der Waals surface area (Å²) in [6, 6.07) is 10.2. The Bertz CT molecular complexity index is 786. The van der Waals surface area contributed by atoms with Crippen LogP contribution < -0.4 is 11.3 Å². The van der Waals surface area contributed by atoms with Crippen molar-refractivity contribution < 1.29 is 19.1 Å². The van der Waals surface area contributed by atoms with Crippen molar-refractivity contribution in [2.45, 2.75) is 20.1 Å². The first-order chi connectivity index (χ1) is 11.5. The lowest BCUT2D eigenvalue weighted by Crippen LogP contribution is -2.28. The number of nitrogens with two attached hydrogens (primary N) is 1. The van der Waals surface area contributed by atoms with Crippen molar-refractivity contribution >= 4 is 17.6 Å². The standard InChI is InChI=1S/C16H17N3O5/c1-2-19-15(21)12(17)8-13(18-19)16(22)24-10-14(20)23-9-11-6-4-3-5-7-11/h3-8H,2,9-10,17H2,1H3. The van der Waals surface area contributed by atoms with Crippen LogP contribution in [0.1, 0.15) is 23.0 Å². The lowest BCUT2D eigenvalue weighted by Gasteiger charge is -2.08. The average Bonchev–Trinajstić information content (AvgIpc) is 2.60. The molecule has 0 fully saturated rings. The highest BCUT2D eigenvalue weighted by molar-refractivity contribution is 5.89. The molecule has 1 aromatic heterocycles. The van der Waals surface area contributed by atoms with Crippen molar-refractivity contribution in [3.8, 4) is 0 Å². The predicted octanol–water partition coefficient (Wildman–Crippen LogP) is 0.746. The molecule has 0 saturated carbocycles. The molecule has 0 bridgehead atoms. The Morgan fingerprint density at radius 3 is 2.58 bits per heavy atom. The van der Waals surface area contributed by atoms with Gasteiger partial charge in [-0.3, -0.25) is 4.79 Å². The second-order valence-corrected chi connectivity index (χ2v) is 4.83. The highest BCUT2D eigenvalue weighted by atomic mass is 16.6. The van der Waals surface area contributed by atoms with Gasteiger partial charge in [0.2, 0.25) is 0 Å². The molecule has 0 radical (unpaired) electrons. The van der Waals surface area contributed by atoms with E-state index in [0.717, 1.165) is 16.3 Å². The quantitative estimate of drug-likeness (QED) is 0.777. The van der Waals surface area contributed by atoms with E-state index in [4.69, 9.17) is 15.2 Å². The summed E-state index contributed by atoms with van der Waals surface area (Å²) in [5, 5.41) is 3.82. The van der Waals surface area contributed by atoms with Gasteiger partial charge in [-0.15, -0.1) is 0 Å². The number of rotatable bonds is 6. The third-order valence-electron chi connectivity index (χ3n) is 3.07. The first-order valence-corrected chi connectivity index (χ1v) is 7.25. The summed E-state index contributed by atoms with van der Waals surface area (Å²) in [7, 11) is 0. The summed E-state index contributed by atoms with van der Waals surface area (Å²) in [5.74, 6) is -1.55. The zero-order valence-electron chi connectivity index (χ0n) is 13.1. The van der Waals surface area contributed by atoms with Crippen LogP contribution in [-0.2, 0) is 27.4 Å². The van der Waals surface area contributed by atoms with Gasteiger partial charge in [-0.05, 0) is 12.5 Å². The van der Waals surface area contributed by atoms with Crippen molar-refractivity contribution in [1.29, 1.82) is 0 Å². The van der Waals surface area contributed by atoms with Crippen LogP contribution in [0.3, 0.4) is 0 Å². The monoisotopic (exact) mass is 331 g/mol. The highest BCUT2D eigenvalue weighted by Crippen LogP contribution is 2.03. The Labute approximate surface area is 137 Å². The Balaban J connectivity index is 1.90. The molecule has 0 unspecified atom stereocenters. The molecule has 0 amide bonds. The van der Waals surface area contributed by atoms with Crippen LogP contribution >= 0.6 is 0 Å². The Kier molecular flexibility index (Phi) is 5.67. The summed E-state index contributed by atoms with van der Waals surface area (Å²) in [5.41, 5.74) is 5.59. The minimum atomic E-state index is -0.861. The lowest BCUT2D eigenvalue weighted by atomic mass is 10.2. The number of nitrogens with zero attached hydrogens (tertiary/aromatic N) is 2.